The van der Waals surface area contributed by atoms with Gasteiger partial charge in [0.1, 0.15) is 30.4 Å². The Bertz CT molecular complexity index is 1820. The minimum absolute atomic E-state index is 0.00514. The van der Waals surface area contributed by atoms with Crippen molar-refractivity contribution in [3.8, 4) is 23.0 Å². The Hall–Kier alpha value is -3.34. The van der Waals surface area contributed by atoms with Crippen LogP contribution < -0.4 is 25.4 Å². The number of aryl methyl sites for hydroxylation is 1. The largest absolute Gasteiger partial charge is 0.489 e. The Balaban J connectivity index is 1.29. The summed E-state index contributed by atoms with van der Waals surface area (Å²) in [4.78, 5) is 17.2. The van der Waals surface area contributed by atoms with E-state index < -0.39 is 52.1 Å². The summed E-state index contributed by atoms with van der Waals surface area (Å²) in [5.74, 6) is -1.18. The molecular formula is C32H34ClF6N7O3. The number of anilines is 2. The molecule has 2 bridgehead atoms. The maximum Gasteiger partial charge on any atom is 0.418 e. The number of nitrogens with zero attached hydrogens (tertiary/aromatic N) is 5. The van der Waals surface area contributed by atoms with Crippen molar-refractivity contribution >= 4 is 34.1 Å². The minimum Gasteiger partial charge on any atom is -0.489 e. The zero-order valence-corrected chi connectivity index (χ0v) is 27.2. The third kappa shape index (κ3) is 5.49. The highest BCUT2D eigenvalue weighted by molar-refractivity contribution is 6.36. The number of piperazine rings is 1. The molecule has 3 aromatic rings. The highest BCUT2D eigenvalue weighted by atomic mass is 35.5. The lowest BCUT2D eigenvalue weighted by atomic mass is 9.88. The molecule has 2 aromatic heterocycles. The first-order valence-electron chi connectivity index (χ1n) is 16.4. The lowest BCUT2D eigenvalue weighted by Crippen LogP contribution is -2.65. The van der Waals surface area contributed by atoms with Crippen LogP contribution in [0.5, 0.6) is 11.8 Å². The van der Waals surface area contributed by atoms with Crippen LogP contribution in [0.1, 0.15) is 49.7 Å². The molecule has 5 aliphatic rings. The Kier molecular flexibility index (Phi) is 7.96. The summed E-state index contributed by atoms with van der Waals surface area (Å²) in [6, 6.07) is 0.714. The first-order chi connectivity index (χ1) is 23.3. The number of fused-ring (bicyclic) bond motifs is 6. The van der Waals surface area contributed by atoms with Gasteiger partial charge in [-0.25, -0.2) is 9.37 Å². The van der Waals surface area contributed by atoms with E-state index >= 15 is 4.39 Å². The van der Waals surface area contributed by atoms with Gasteiger partial charge >= 0.3 is 18.8 Å². The second-order valence-electron chi connectivity index (χ2n) is 13.7. The van der Waals surface area contributed by atoms with Gasteiger partial charge in [-0.05, 0) is 57.2 Å². The normalized spacial score (nSPS) is 28.1. The molecule has 0 spiro atoms. The number of rotatable bonds is 6. The van der Waals surface area contributed by atoms with Crippen LogP contribution in [-0.2, 0) is 10.9 Å². The van der Waals surface area contributed by atoms with E-state index in [9.17, 15) is 22.0 Å². The van der Waals surface area contributed by atoms with Crippen molar-refractivity contribution in [1.29, 1.82) is 0 Å². The average molecular weight is 714 g/mol. The van der Waals surface area contributed by atoms with Crippen molar-refractivity contribution in [1.82, 2.24) is 25.2 Å². The fraction of sp³-hybridized carbons (Fsp3) is 0.594. The number of hydrogen-bond acceptors (Lipinski definition) is 10. The molecule has 17 heteroatoms. The summed E-state index contributed by atoms with van der Waals surface area (Å²) in [5.41, 5.74) is 2.04. The second-order valence-corrected chi connectivity index (χ2v) is 14.1. The van der Waals surface area contributed by atoms with E-state index in [0.29, 0.717) is 38.3 Å². The van der Waals surface area contributed by atoms with Crippen LogP contribution >= 0.6 is 11.6 Å². The summed E-state index contributed by atoms with van der Waals surface area (Å²) in [7, 11) is 0. The number of ether oxygens (including phenoxy) is 3. The number of aromatic nitrogens is 3. The molecule has 0 amide bonds. The number of nitrogen functional groups attached to an aromatic ring is 1. The SMILES string of the molecule is Cc1cc(N)nc(-c2c(Cl)c3c4c(nc(OC[C@@]56CCCN5C[C@H](OC(F)F)C6)nc4c2F)N2C[C@H]4CCC[C@H](N4)[C@H]2CO3)c1C(F)(F)F. The number of pyridine rings is 1. The van der Waals surface area contributed by atoms with Gasteiger partial charge in [-0.15, -0.1) is 0 Å². The van der Waals surface area contributed by atoms with Crippen LogP contribution in [0, 0.1) is 12.7 Å². The van der Waals surface area contributed by atoms with E-state index in [4.69, 9.17) is 36.5 Å². The number of piperidine rings is 1. The van der Waals surface area contributed by atoms with Crippen molar-refractivity contribution in [2.45, 2.75) is 88.0 Å². The number of alkyl halides is 5. The third-order valence-electron chi connectivity index (χ3n) is 10.7. The fourth-order valence-electron chi connectivity index (χ4n) is 8.70. The van der Waals surface area contributed by atoms with Crippen molar-refractivity contribution in [2.75, 3.05) is 43.5 Å². The van der Waals surface area contributed by atoms with E-state index in [1.54, 1.807) is 0 Å². The monoisotopic (exact) mass is 713 g/mol. The lowest BCUT2D eigenvalue weighted by molar-refractivity contribution is -0.159. The number of halogens is 7. The maximum atomic E-state index is 17.0. The molecule has 5 aliphatic heterocycles. The first kappa shape index (κ1) is 32.8. The molecule has 49 heavy (non-hydrogen) atoms. The zero-order valence-electron chi connectivity index (χ0n) is 26.4. The number of hydrogen-bond donors (Lipinski definition) is 2. The zero-order chi connectivity index (χ0) is 34.4. The van der Waals surface area contributed by atoms with Gasteiger partial charge in [-0.1, -0.05) is 18.0 Å². The molecule has 264 valence electrons. The smallest absolute Gasteiger partial charge is 0.418 e. The van der Waals surface area contributed by atoms with E-state index in [1.807, 2.05) is 4.90 Å². The van der Waals surface area contributed by atoms with Gasteiger partial charge in [-0.3, -0.25) is 4.90 Å². The standard InChI is InChI=1S/C32H34ClF6N7O3/c1-14-8-19(40)42-25(22(14)32(37,38)39)20-23(33)27-21-26(24(20)34)43-30(48-13-31-6-3-7-45(31)11-16(9-31)49-29(35)36)44-28(21)46-10-15-4-2-5-17(41-15)18(46)12-47-27/h8,15-18,29,41H,2-7,9-13H2,1H3,(H2,40,42)/t15-,16-,17+,18-,31+/m1/s1. The Morgan fingerprint density at radius 3 is 2.78 bits per heavy atom. The molecule has 1 aromatic carbocycles. The predicted octanol–water partition coefficient (Wildman–Crippen LogP) is 5.71. The summed E-state index contributed by atoms with van der Waals surface area (Å²) in [6.07, 6.45) is -1.06. The van der Waals surface area contributed by atoms with Crippen LogP contribution in [0.3, 0.4) is 0 Å². The van der Waals surface area contributed by atoms with Gasteiger partial charge in [0.05, 0.1) is 44.9 Å². The molecule has 8 rings (SSSR count). The maximum absolute atomic E-state index is 17.0. The van der Waals surface area contributed by atoms with Gasteiger partial charge in [0.2, 0.25) is 0 Å². The van der Waals surface area contributed by atoms with Crippen LogP contribution in [0.15, 0.2) is 6.07 Å². The van der Waals surface area contributed by atoms with Crippen LogP contribution in [0.4, 0.5) is 38.0 Å². The molecule has 4 saturated heterocycles. The van der Waals surface area contributed by atoms with E-state index in [2.05, 4.69) is 20.2 Å². The van der Waals surface area contributed by atoms with Crippen LogP contribution in [-0.4, -0.2) is 89.1 Å². The molecule has 5 atom stereocenters. The number of nitrogens with two attached hydrogens (primary N) is 1. The van der Waals surface area contributed by atoms with Crippen LogP contribution in [0.25, 0.3) is 22.2 Å². The molecular weight excluding hydrogens is 680 g/mol. The molecule has 0 unspecified atom stereocenters. The number of nitrogens with one attached hydrogen (secondary N) is 1. The summed E-state index contributed by atoms with van der Waals surface area (Å²) < 4.78 is 104. The Morgan fingerprint density at radius 1 is 1.18 bits per heavy atom. The topological polar surface area (TPSA) is 111 Å². The first-order valence-corrected chi connectivity index (χ1v) is 16.7. The minimum atomic E-state index is -4.92. The molecule has 0 saturated carbocycles. The van der Waals surface area contributed by atoms with E-state index in [-0.39, 0.29) is 65.4 Å². The predicted molar refractivity (Wildman–Crippen MR) is 168 cm³/mol. The summed E-state index contributed by atoms with van der Waals surface area (Å²) >= 11 is 6.83. The van der Waals surface area contributed by atoms with Crippen LogP contribution in [0.2, 0.25) is 5.02 Å². The van der Waals surface area contributed by atoms with Gasteiger partial charge in [0.15, 0.2) is 11.6 Å². The lowest BCUT2D eigenvalue weighted by Gasteiger charge is -2.48. The second kappa shape index (κ2) is 11.9. The molecule has 7 heterocycles. The van der Waals surface area contributed by atoms with Crippen molar-refractivity contribution in [3.63, 3.8) is 0 Å². The highest BCUT2D eigenvalue weighted by Gasteiger charge is 2.51. The quantitative estimate of drug-likeness (QED) is 0.309. The van der Waals surface area contributed by atoms with E-state index in [0.717, 1.165) is 31.7 Å². The van der Waals surface area contributed by atoms with Crippen molar-refractivity contribution < 1.29 is 40.6 Å². The molecule has 4 fully saturated rings. The average Bonchev–Trinajstić information content (AvgIpc) is 3.50. The van der Waals surface area contributed by atoms with Gasteiger partial charge < -0.3 is 30.2 Å². The molecule has 3 N–H and O–H groups in total. The summed E-state index contributed by atoms with van der Waals surface area (Å²) in [6.45, 7) is -0.0983. The fourth-order valence-corrected chi connectivity index (χ4v) is 9.02. The molecule has 0 radical (unpaired) electrons. The van der Waals surface area contributed by atoms with Gasteiger partial charge in [0, 0.05) is 25.2 Å². The summed E-state index contributed by atoms with van der Waals surface area (Å²) in [5, 5.41) is 3.34. The van der Waals surface area contributed by atoms with Crippen molar-refractivity contribution in [2.24, 2.45) is 0 Å². The third-order valence-corrected chi connectivity index (χ3v) is 11.1. The highest BCUT2D eigenvalue weighted by Crippen LogP contribution is 2.51. The Morgan fingerprint density at radius 2 is 2.00 bits per heavy atom. The Labute approximate surface area is 282 Å². The molecule has 10 nitrogen and oxygen atoms in total. The van der Waals surface area contributed by atoms with Gasteiger partial charge in [-0.2, -0.15) is 31.9 Å². The van der Waals surface area contributed by atoms with E-state index in [1.165, 1.54) is 6.92 Å². The van der Waals surface area contributed by atoms with Crippen molar-refractivity contribution in [3.05, 3.63) is 28.0 Å². The number of benzene rings is 1. The van der Waals surface area contributed by atoms with Gasteiger partial charge in [0.25, 0.3) is 0 Å². The molecule has 0 aliphatic carbocycles.